The maximum atomic E-state index is 10.8. The Morgan fingerprint density at radius 3 is 2.73 bits per heavy atom. The van der Waals surface area contributed by atoms with Gasteiger partial charge in [-0.25, -0.2) is 0 Å². The summed E-state index contributed by atoms with van der Waals surface area (Å²) in [6.07, 6.45) is 2.38. The maximum Gasteiger partial charge on any atom is 0.317 e. The van der Waals surface area contributed by atoms with Gasteiger partial charge in [0, 0.05) is 12.0 Å². The van der Waals surface area contributed by atoms with Crippen LogP contribution in [-0.4, -0.2) is 45.8 Å². The summed E-state index contributed by atoms with van der Waals surface area (Å²) in [6.45, 7) is 3.61. The lowest BCUT2D eigenvalue weighted by atomic mass is 10.2. The molecule has 2 aromatic rings. The lowest BCUT2D eigenvalue weighted by Gasteiger charge is -2.18. The van der Waals surface area contributed by atoms with Gasteiger partial charge < -0.3 is 9.63 Å². The summed E-state index contributed by atoms with van der Waals surface area (Å²) in [4.78, 5) is 17.1. The average Bonchev–Trinajstić information content (AvgIpc) is 2.97. The predicted molar refractivity (Wildman–Crippen MR) is 82.4 cm³/mol. The minimum absolute atomic E-state index is 0.0763. The number of carbonyl (C=O) groups is 1. The summed E-state index contributed by atoms with van der Waals surface area (Å²) in [5, 5.41) is 12.8. The molecule has 0 saturated carbocycles. The molecule has 0 bridgehead atoms. The fourth-order valence-electron chi connectivity index (χ4n) is 2.29. The Kier molecular flexibility index (Phi) is 6.09. The zero-order valence-electron chi connectivity index (χ0n) is 12.7. The van der Waals surface area contributed by atoms with Crippen LogP contribution in [0, 0.1) is 0 Å². The third-order valence-electron chi connectivity index (χ3n) is 3.26. The molecule has 0 unspecified atom stereocenters. The molecular weight excluding hydrogens is 282 g/mol. The molecule has 1 heterocycles. The quantitative estimate of drug-likeness (QED) is 0.766. The number of aryl methyl sites for hydroxylation is 1. The third kappa shape index (κ3) is 4.96. The Bertz CT molecular complexity index is 583. The van der Waals surface area contributed by atoms with E-state index in [1.165, 1.54) is 0 Å². The number of benzene rings is 1. The van der Waals surface area contributed by atoms with Gasteiger partial charge in [-0.3, -0.25) is 9.69 Å². The van der Waals surface area contributed by atoms with Gasteiger partial charge in [0.25, 0.3) is 0 Å². The largest absolute Gasteiger partial charge is 0.480 e. The molecule has 6 heteroatoms. The van der Waals surface area contributed by atoms with Crippen LogP contribution in [0.3, 0.4) is 0 Å². The van der Waals surface area contributed by atoms with E-state index in [1.807, 2.05) is 42.2 Å². The minimum Gasteiger partial charge on any atom is -0.480 e. The second-order valence-electron chi connectivity index (χ2n) is 5.15. The minimum atomic E-state index is -0.794. The second kappa shape index (κ2) is 8.29. The lowest BCUT2D eigenvalue weighted by Crippen LogP contribution is -2.31. The van der Waals surface area contributed by atoms with Crippen molar-refractivity contribution in [2.75, 3.05) is 19.6 Å². The van der Waals surface area contributed by atoms with Gasteiger partial charge in [0.1, 0.15) is 0 Å². The first-order valence-electron chi connectivity index (χ1n) is 7.51. The molecule has 0 radical (unpaired) electrons. The summed E-state index contributed by atoms with van der Waals surface area (Å²) < 4.78 is 5.25. The van der Waals surface area contributed by atoms with Crippen molar-refractivity contribution in [1.29, 1.82) is 0 Å². The average molecular weight is 303 g/mol. The molecule has 22 heavy (non-hydrogen) atoms. The van der Waals surface area contributed by atoms with Gasteiger partial charge >= 0.3 is 5.97 Å². The van der Waals surface area contributed by atoms with Crippen molar-refractivity contribution in [3.63, 3.8) is 0 Å². The molecule has 1 aromatic carbocycles. The van der Waals surface area contributed by atoms with E-state index in [0.717, 1.165) is 24.9 Å². The van der Waals surface area contributed by atoms with Crippen molar-refractivity contribution in [2.24, 2.45) is 0 Å². The molecule has 0 saturated heterocycles. The molecule has 0 amide bonds. The van der Waals surface area contributed by atoms with Crippen LogP contribution < -0.4 is 0 Å². The van der Waals surface area contributed by atoms with E-state index in [9.17, 15) is 4.79 Å². The first kappa shape index (κ1) is 16.2. The fraction of sp³-hybridized carbons (Fsp3) is 0.438. The van der Waals surface area contributed by atoms with Crippen molar-refractivity contribution < 1.29 is 14.4 Å². The lowest BCUT2D eigenvalue weighted by molar-refractivity contribution is -0.138. The summed E-state index contributed by atoms with van der Waals surface area (Å²) in [6, 6.07) is 9.67. The van der Waals surface area contributed by atoms with Crippen molar-refractivity contribution >= 4 is 5.97 Å². The van der Waals surface area contributed by atoms with Crippen LogP contribution in [0.25, 0.3) is 11.4 Å². The molecule has 0 fully saturated rings. The van der Waals surface area contributed by atoms with E-state index in [-0.39, 0.29) is 6.54 Å². The molecule has 1 aromatic heterocycles. The number of nitrogens with zero attached hydrogens (tertiary/aromatic N) is 3. The zero-order chi connectivity index (χ0) is 15.8. The van der Waals surface area contributed by atoms with Crippen LogP contribution in [0.1, 0.15) is 25.7 Å². The fourth-order valence-corrected chi connectivity index (χ4v) is 2.29. The van der Waals surface area contributed by atoms with E-state index < -0.39 is 5.97 Å². The summed E-state index contributed by atoms with van der Waals surface area (Å²) in [5.41, 5.74) is 0.927. The Hall–Kier alpha value is -2.21. The van der Waals surface area contributed by atoms with Crippen molar-refractivity contribution in [3.8, 4) is 11.4 Å². The monoisotopic (exact) mass is 303 g/mol. The van der Waals surface area contributed by atoms with E-state index >= 15 is 0 Å². The van der Waals surface area contributed by atoms with Gasteiger partial charge in [0.05, 0.1) is 6.54 Å². The standard InChI is InChI=1S/C16H21N3O3/c1-2-10-19(12-15(20)21)11-6-9-14-17-16(18-22-14)13-7-4-3-5-8-13/h3-5,7-8H,2,6,9-12H2,1H3,(H,20,21). The zero-order valence-corrected chi connectivity index (χ0v) is 12.7. The van der Waals surface area contributed by atoms with Crippen LogP contribution in [0.4, 0.5) is 0 Å². The molecule has 6 nitrogen and oxygen atoms in total. The van der Waals surface area contributed by atoms with Crippen molar-refractivity contribution in [3.05, 3.63) is 36.2 Å². The van der Waals surface area contributed by atoms with Crippen LogP contribution in [-0.2, 0) is 11.2 Å². The molecule has 1 N–H and O–H groups in total. The van der Waals surface area contributed by atoms with E-state index in [2.05, 4.69) is 10.1 Å². The van der Waals surface area contributed by atoms with E-state index in [0.29, 0.717) is 24.7 Å². The highest BCUT2D eigenvalue weighted by molar-refractivity contribution is 5.69. The highest BCUT2D eigenvalue weighted by atomic mass is 16.5. The number of rotatable bonds is 9. The van der Waals surface area contributed by atoms with Gasteiger partial charge in [0.15, 0.2) is 0 Å². The van der Waals surface area contributed by atoms with Crippen molar-refractivity contribution in [1.82, 2.24) is 15.0 Å². The Balaban J connectivity index is 1.84. The van der Waals surface area contributed by atoms with E-state index in [4.69, 9.17) is 9.63 Å². The Morgan fingerprint density at radius 2 is 2.05 bits per heavy atom. The molecule has 0 aliphatic rings. The topological polar surface area (TPSA) is 79.5 Å². The smallest absolute Gasteiger partial charge is 0.317 e. The normalized spacial score (nSPS) is 11.0. The number of aliphatic carboxylic acids is 1. The van der Waals surface area contributed by atoms with Gasteiger partial charge in [-0.05, 0) is 25.9 Å². The Morgan fingerprint density at radius 1 is 1.27 bits per heavy atom. The number of hydrogen-bond donors (Lipinski definition) is 1. The number of hydrogen-bond acceptors (Lipinski definition) is 5. The first-order valence-corrected chi connectivity index (χ1v) is 7.51. The van der Waals surface area contributed by atoms with Gasteiger partial charge in [-0.1, -0.05) is 42.4 Å². The molecule has 2 rings (SSSR count). The molecular formula is C16H21N3O3. The molecule has 0 atom stereocenters. The summed E-state index contributed by atoms with van der Waals surface area (Å²) in [5.74, 6) is 0.384. The van der Waals surface area contributed by atoms with Crippen LogP contribution in [0.15, 0.2) is 34.9 Å². The van der Waals surface area contributed by atoms with Gasteiger partial charge in [-0.15, -0.1) is 0 Å². The van der Waals surface area contributed by atoms with Gasteiger partial charge in [0.2, 0.25) is 11.7 Å². The SMILES string of the molecule is CCCN(CCCc1nc(-c2ccccc2)no1)CC(=O)O. The maximum absolute atomic E-state index is 10.8. The predicted octanol–water partition coefficient (Wildman–Crippen LogP) is 2.47. The van der Waals surface area contributed by atoms with E-state index in [1.54, 1.807) is 0 Å². The van der Waals surface area contributed by atoms with Crippen molar-refractivity contribution in [2.45, 2.75) is 26.2 Å². The third-order valence-corrected chi connectivity index (χ3v) is 3.26. The molecule has 118 valence electrons. The van der Waals surface area contributed by atoms with Gasteiger partial charge in [-0.2, -0.15) is 4.98 Å². The molecule has 0 spiro atoms. The summed E-state index contributed by atoms with van der Waals surface area (Å²) in [7, 11) is 0. The number of carboxylic acids is 1. The highest BCUT2D eigenvalue weighted by Gasteiger charge is 2.11. The second-order valence-corrected chi connectivity index (χ2v) is 5.15. The molecule has 0 aliphatic carbocycles. The first-order chi connectivity index (χ1) is 10.7. The van der Waals surface area contributed by atoms with Crippen LogP contribution in [0.5, 0.6) is 0 Å². The molecule has 0 aliphatic heterocycles. The van der Waals surface area contributed by atoms with Crippen LogP contribution in [0.2, 0.25) is 0 Å². The summed E-state index contributed by atoms with van der Waals surface area (Å²) >= 11 is 0. The van der Waals surface area contributed by atoms with Crippen LogP contribution >= 0.6 is 0 Å². The number of carboxylic acid groups (broad SMARTS) is 1. The Labute approximate surface area is 129 Å². The highest BCUT2D eigenvalue weighted by Crippen LogP contribution is 2.15. The number of aromatic nitrogens is 2.